The first kappa shape index (κ1) is 20.2. The molecule has 3 rings (SSSR count). The summed E-state index contributed by atoms with van der Waals surface area (Å²) in [5.74, 6) is -0.762. The van der Waals surface area contributed by atoms with Gasteiger partial charge in [-0.2, -0.15) is 22.0 Å². The number of primary amides is 1. The van der Waals surface area contributed by atoms with Crippen LogP contribution >= 0.6 is 0 Å². The third kappa shape index (κ3) is 4.68. The molecule has 11 heteroatoms. The van der Waals surface area contributed by atoms with Crippen molar-refractivity contribution in [3.8, 4) is 22.8 Å². The first-order valence-corrected chi connectivity index (χ1v) is 8.08. The molecule has 0 saturated carbocycles. The number of benzene rings is 2. The molecular formula is C18H13F5N4O2. The van der Waals surface area contributed by atoms with Crippen molar-refractivity contribution in [2.45, 2.75) is 18.7 Å². The second kappa shape index (κ2) is 7.49. The smallest absolute Gasteiger partial charge is 0.426 e. The van der Waals surface area contributed by atoms with Gasteiger partial charge in [-0.05, 0) is 29.8 Å². The Hall–Kier alpha value is -3.50. The Labute approximate surface area is 160 Å². The van der Waals surface area contributed by atoms with Crippen molar-refractivity contribution in [1.29, 1.82) is 0 Å². The molecule has 3 aromatic rings. The van der Waals surface area contributed by atoms with Gasteiger partial charge in [0.1, 0.15) is 12.1 Å². The Bertz CT molecular complexity index is 998. The van der Waals surface area contributed by atoms with E-state index < -0.39 is 23.9 Å². The van der Waals surface area contributed by atoms with Crippen molar-refractivity contribution in [1.82, 2.24) is 14.8 Å². The minimum absolute atomic E-state index is 0.101. The van der Waals surface area contributed by atoms with Gasteiger partial charge in [-0.3, -0.25) is 4.79 Å². The number of alkyl halides is 5. The van der Waals surface area contributed by atoms with Crippen LogP contribution in [0.4, 0.5) is 22.0 Å². The van der Waals surface area contributed by atoms with Crippen LogP contribution in [-0.4, -0.2) is 33.0 Å². The lowest BCUT2D eigenvalue weighted by atomic mass is 10.1. The topological polar surface area (TPSA) is 83.0 Å². The number of ether oxygens (including phenoxy) is 1. The Kier molecular flexibility index (Phi) is 5.23. The molecule has 0 spiro atoms. The van der Waals surface area contributed by atoms with Crippen molar-refractivity contribution in [2.24, 2.45) is 5.73 Å². The molecule has 1 aromatic heterocycles. The maximum absolute atomic E-state index is 12.9. The summed E-state index contributed by atoms with van der Waals surface area (Å²) in [6.45, 7) is 0. The molecule has 29 heavy (non-hydrogen) atoms. The molecule has 2 aromatic carbocycles. The number of carbonyl (C=O) groups is 1. The number of carbonyl (C=O) groups excluding carboxylic acids is 1. The predicted molar refractivity (Wildman–Crippen MR) is 91.3 cm³/mol. The summed E-state index contributed by atoms with van der Waals surface area (Å²) in [5.41, 5.74) is 6.89. The van der Waals surface area contributed by atoms with E-state index in [1.54, 1.807) is 24.3 Å². The number of hydrogen-bond donors (Lipinski definition) is 1. The van der Waals surface area contributed by atoms with E-state index in [1.807, 2.05) is 0 Å². The SMILES string of the molecule is NC(=O)Cc1ccc(-c2ncn(-c3ccc(OC(F)(F)C(F)(F)F)cc3)n2)cc1. The van der Waals surface area contributed by atoms with E-state index >= 15 is 0 Å². The lowest BCUT2D eigenvalue weighted by molar-refractivity contribution is -0.360. The van der Waals surface area contributed by atoms with E-state index in [2.05, 4.69) is 14.8 Å². The summed E-state index contributed by atoms with van der Waals surface area (Å²) >= 11 is 0. The van der Waals surface area contributed by atoms with Crippen molar-refractivity contribution in [2.75, 3.05) is 0 Å². The van der Waals surface area contributed by atoms with Gasteiger partial charge in [-0.25, -0.2) is 9.67 Å². The van der Waals surface area contributed by atoms with Gasteiger partial charge < -0.3 is 10.5 Å². The van der Waals surface area contributed by atoms with Gasteiger partial charge in [-0.15, -0.1) is 5.10 Å². The van der Waals surface area contributed by atoms with E-state index in [0.717, 1.165) is 17.7 Å². The number of rotatable bonds is 6. The van der Waals surface area contributed by atoms with Crippen molar-refractivity contribution in [3.63, 3.8) is 0 Å². The van der Waals surface area contributed by atoms with Gasteiger partial charge in [0.2, 0.25) is 5.91 Å². The largest absolute Gasteiger partial charge is 0.499 e. The first-order valence-electron chi connectivity index (χ1n) is 8.08. The van der Waals surface area contributed by atoms with Crippen LogP contribution in [0.1, 0.15) is 5.56 Å². The minimum atomic E-state index is -5.82. The van der Waals surface area contributed by atoms with Crippen LogP contribution in [0.2, 0.25) is 0 Å². The van der Waals surface area contributed by atoms with Gasteiger partial charge in [0.15, 0.2) is 5.82 Å². The van der Waals surface area contributed by atoms with E-state index in [0.29, 0.717) is 17.1 Å². The maximum atomic E-state index is 12.9. The average molecular weight is 412 g/mol. The maximum Gasteiger partial charge on any atom is 0.499 e. The van der Waals surface area contributed by atoms with Crippen LogP contribution < -0.4 is 10.5 Å². The molecule has 0 radical (unpaired) electrons. The molecule has 0 atom stereocenters. The fourth-order valence-corrected chi connectivity index (χ4v) is 2.37. The molecular weight excluding hydrogens is 399 g/mol. The van der Waals surface area contributed by atoms with Crippen molar-refractivity contribution >= 4 is 5.91 Å². The minimum Gasteiger partial charge on any atom is -0.426 e. The Morgan fingerprint density at radius 3 is 2.17 bits per heavy atom. The number of hydrogen-bond acceptors (Lipinski definition) is 4. The molecule has 0 unspecified atom stereocenters. The lowest BCUT2D eigenvalue weighted by Crippen LogP contribution is -2.41. The van der Waals surface area contributed by atoms with E-state index in [9.17, 15) is 26.7 Å². The predicted octanol–water partition coefficient (Wildman–Crippen LogP) is 3.50. The fraction of sp³-hybridized carbons (Fsp3) is 0.167. The second-order valence-corrected chi connectivity index (χ2v) is 5.96. The highest BCUT2D eigenvalue weighted by molar-refractivity contribution is 5.76. The zero-order valence-electron chi connectivity index (χ0n) is 14.5. The molecule has 1 amide bonds. The molecule has 6 nitrogen and oxygen atoms in total. The number of nitrogens with two attached hydrogens (primary N) is 1. The first-order chi connectivity index (χ1) is 13.5. The highest BCUT2D eigenvalue weighted by Crippen LogP contribution is 2.37. The quantitative estimate of drug-likeness (QED) is 0.629. The normalized spacial score (nSPS) is 12.0. The number of aromatic nitrogens is 3. The zero-order valence-corrected chi connectivity index (χ0v) is 14.5. The molecule has 0 aliphatic rings. The van der Waals surface area contributed by atoms with Crippen molar-refractivity contribution < 1.29 is 31.5 Å². The Morgan fingerprint density at radius 1 is 1.00 bits per heavy atom. The summed E-state index contributed by atoms with van der Waals surface area (Å²) in [6.07, 6.45) is -9.66. The third-order valence-corrected chi connectivity index (χ3v) is 3.76. The van der Waals surface area contributed by atoms with E-state index in [1.165, 1.54) is 23.1 Å². The van der Waals surface area contributed by atoms with Crippen molar-refractivity contribution in [3.05, 3.63) is 60.4 Å². The fourth-order valence-electron chi connectivity index (χ4n) is 2.37. The highest BCUT2D eigenvalue weighted by Gasteiger charge is 2.61. The van der Waals surface area contributed by atoms with Crippen LogP contribution in [0.3, 0.4) is 0 Å². The molecule has 152 valence electrons. The summed E-state index contributed by atoms with van der Waals surface area (Å²) in [7, 11) is 0. The molecule has 0 fully saturated rings. The van der Waals surface area contributed by atoms with Crippen LogP contribution in [0.5, 0.6) is 5.75 Å². The summed E-state index contributed by atoms with van der Waals surface area (Å²) in [5, 5.41) is 4.23. The van der Waals surface area contributed by atoms with Crippen LogP contribution in [0.15, 0.2) is 54.9 Å². The Morgan fingerprint density at radius 2 is 1.62 bits per heavy atom. The van der Waals surface area contributed by atoms with E-state index in [-0.39, 0.29) is 6.42 Å². The number of nitrogens with zero attached hydrogens (tertiary/aromatic N) is 3. The summed E-state index contributed by atoms with van der Waals surface area (Å²) in [6, 6.07) is 11.3. The van der Waals surface area contributed by atoms with Crippen LogP contribution in [-0.2, 0) is 11.2 Å². The lowest BCUT2D eigenvalue weighted by Gasteiger charge is -2.20. The molecule has 2 N–H and O–H groups in total. The average Bonchev–Trinajstić information content (AvgIpc) is 3.11. The zero-order chi connectivity index (χ0) is 21.2. The van der Waals surface area contributed by atoms with Gasteiger partial charge in [0.05, 0.1) is 12.1 Å². The Balaban J connectivity index is 1.74. The molecule has 1 heterocycles. The van der Waals surface area contributed by atoms with Gasteiger partial charge >= 0.3 is 12.3 Å². The second-order valence-electron chi connectivity index (χ2n) is 5.96. The number of halogens is 5. The molecule has 0 saturated heterocycles. The van der Waals surface area contributed by atoms with Gasteiger partial charge in [0, 0.05) is 5.56 Å². The molecule has 0 bridgehead atoms. The third-order valence-electron chi connectivity index (χ3n) is 3.76. The van der Waals surface area contributed by atoms with E-state index in [4.69, 9.17) is 5.73 Å². The van der Waals surface area contributed by atoms with Crippen LogP contribution in [0.25, 0.3) is 17.1 Å². The highest BCUT2D eigenvalue weighted by atomic mass is 19.4. The van der Waals surface area contributed by atoms with Gasteiger partial charge in [-0.1, -0.05) is 24.3 Å². The standard InChI is InChI=1S/C18H13F5N4O2/c19-17(20,21)18(22,23)29-14-7-5-13(6-8-14)27-10-25-16(26-27)12-3-1-11(2-4-12)9-15(24)28/h1-8,10H,9H2,(H2,24,28). The number of amides is 1. The monoisotopic (exact) mass is 412 g/mol. The van der Waals surface area contributed by atoms with Gasteiger partial charge in [0.25, 0.3) is 0 Å². The van der Waals surface area contributed by atoms with Crippen LogP contribution in [0, 0.1) is 0 Å². The molecule has 0 aliphatic carbocycles. The summed E-state index contributed by atoms with van der Waals surface area (Å²) < 4.78 is 67.5. The molecule has 0 aliphatic heterocycles. The summed E-state index contributed by atoms with van der Waals surface area (Å²) in [4.78, 5) is 15.0.